The lowest BCUT2D eigenvalue weighted by Gasteiger charge is -2.36. The number of carbonyl (C=O) groups excluding carboxylic acids is 2. The van der Waals surface area contributed by atoms with Crippen LogP contribution < -0.4 is 15.5 Å². The Bertz CT molecular complexity index is 673. The van der Waals surface area contributed by atoms with Gasteiger partial charge in [0.05, 0.1) is 19.3 Å². The highest BCUT2D eigenvalue weighted by atomic mass is 16.5. The molecule has 1 aromatic rings. The average molecular weight is 374 g/mol. The lowest BCUT2D eigenvalue weighted by atomic mass is 9.95. The second-order valence-electron chi connectivity index (χ2n) is 7.15. The number of nitrogens with zero attached hydrogens (tertiary/aromatic N) is 2. The Morgan fingerprint density at radius 1 is 1.15 bits per heavy atom. The highest BCUT2D eigenvalue weighted by Gasteiger charge is 2.25. The van der Waals surface area contributed by atoms with Crippen molar-refractivity contribution < 1.29 is 14.3 Å². The number of morpholine rings is 1. The van der Waals surface area contributed by atoms with Gasteiger partial charge in [0.2, 0.25) is 0 Å². The van der Waals surface area contributed by atoms with E-state index in [1.54, 1.807) is 6.92 Å². The number of likely N-dealkylation sites (N-methyl/N-ethyl adjacent to an activating group) is 1. The third-order valence-corrected chi connectivity index (χ3v) is 5.33. The molecule has 0 spiro atoms. The van der Waals surface area contributed by atoms with Crippen LogP contribution in [-0.2, 0) is 20.7 Å². The number of benzene rings is 1. The largest absolute Gasteiger partial charge is 0.379 e. The van der Waals surface area contributed by atoms with Crippen LogP contribution in [0.1, 0.15) is 30.5 Å². The molecule has 1 fully saturated rings. The van der Waals surface area contributed by atoms with Crippen LogP contribution >= 0.6 is 0 Å². The maximum Gasteiger partial charge on any atom is 0.309 e. The van der Waals surface area contributed by atoms with E-state index >= 15 is 0 Å². The maximum absolute atomic E-state index is 12.1. The van der Waals surface area contributed by atoms with Crippen LogP contribution in [0, 0.1) is 0 Å². The fourth-order valence-electron chi connectivity index (χ4n) is 3.87. The van der Waals surface area contributed by atoms with Gasteiger partial charge < -0.3 is 20.3 Å². The molecule has 1 atom stereocenters. The molecule has 2 heterocycles. The van der Waals surface area contributed by atoms with Crippen molar-refractivity contribution in [3.05, 3.63) is 29.3 Å². The van der Waals surface area contributed by atoms with Crippen LogP contribution in [0.2, 0.25) is 0 Å². The zero-order chi connectivity index (χ0) is 19.2. The van der Waals surface area contributed by atoms with Gasteiger partial charge in [-0.25, -0.2) is 0 Å². The lowest BCUT2D eigenvalue weighted by Crippen LogP contribution is -2.46. The van der Waals surface area contributed by atoms with Gasteiger partial charge in [-0.1, -0.05) is 12.1 Å². The standard InChI is InChI=1S/C20H30N4O3/c1-3-21-19(25)20(26)22-14-18(24-9-11-27-12-10-24)16-6-7-17-15(13-16)5-4-8-23(17)2/h6-7,13,18H,3-5,8-12,14H2,1-2H3,(H,21,25)(H,22,26). The van der Waals surface area contributed by atoms with Crippen LogP contribution in [0.3, 0.4) is 0 Å². The molecule has 0 aromatic heterocycles. The van der Waals surface area contributed by atoms with Gasteiger partial charge in [-0.2, -0.15) is 0 Å². The summed E-state index contributed by atoms with van der Waals surface area (Å²) < 4.78 is 5.49. The van der Waals surface area contributed by atoms with Crippen LogP contribution in [0.5, 0.6) is 0 Å². The van der Waals surface area contributed by atoms with E-state index in [0.717, 1.165) is 32.5 Å². The summed E-state index contributed by atoms with van der Waals surface area (Å²) >= 11 is 0. The Hall–Kier alpha value is -2.12. The number of amides is 2. The molecule has 1 aromatic carbocycles. The second-order valence-corrected chi connectivity index (χ2v) is 7.15. The van der Waals surface area contributed by atoms with Crippen molar-refractivity contribution >= 4 is 17.5 Å². The van der Waals surface area contributed by atoms with Gasteiger partial charge in [-0.3, -0.25) is 14.5 Å². The number of anilines is 1. The molecule has 0 aliphatic carbocycles. The Labute approximate surface area is 161 Å². The zero-order valence-corrected chi connectivity index (χ0v) is 16.3. The molecule has 0 radical (unpaired) electrons. The van der Waals surface area contributed by atoms with Crippen molar-refractivity contribution in [3.8, 4) is 0 Å². The van der Waals surface area contributed by atoms with Crippen molar-refractivity contribution in [2.75, 3.05) is 57.9 Å². The SMILES string of the molecule is CCNC(=O)C(=O)NCC(c1ccc2c(c1)CCCN2C)N1CCOCC1. The zero-order valence-electron chi connectivity index (χ0n) is 16.3. The molecule has 2 amide bonds. The van der Waals surface area contributed by atoms with Gasteiger partial charge in [0.15, 0.2) is 0 Å². The summed E-state index contributed by atoms with van der Waals surface area (Å²) in [5.41, 5.74) is 3.83. The number of hydrogen-bond donors (Lipinski definition) is 2. The molecule has 7 heteroatoms. The van der Waals surface area contributed by atoms with Crippen LogP contribution in [0.15, 0.2) is 18.2 Å². The minimum Gasteiger partial charge on any atom is -0.379 e. The van der Waals surface area contributed by atoms with E-state index in [9.17, 15) is 9.59 Å². The van der Waals surface area contributed by atoms with Crippen molar-refractivity contribution in [2.24, 2.45) is 0 Å². The number of ether oxygens (including phenoxy) is 1. The molecular weight excluding hydrogens is 344 g/mol. The summed E-state index contributed by atoms with van der Waals surface area (Å²) in [5.74, 6) is -1.15. The first kappa shape index (κ1) is 19.6. The van der Waals surface area contributed by atoms with Gasteiger partial charge in [-0.05, 0) is 37.0 Å². The number of hydrogen-bond acceptors (Lipinski definition) is 5. The van der Waals surface area contributed by atoms with Crippen LogP contribution in [0.4, 0.5) is 5.69 Å². The van der Waals surface area contributed by atoms with Crippen molar-refractivity contribution in [3.63, 3.8) is 0 Å². The predicted octanol–water partition coefficient (Wildman–Crippen LogP) is 0.695. The molecule has 2 N–H and O–H groups in total. The molecule has 1 saturated heterocycles. The van der Waals surface area contributed by atoms with E-state index in [0.29, 0.717) is 26.3 Å². The van der Waals surface area contributed by atoms with Gasteiger partial charge in [-0.15, -0.1) is 0 Å². The minimum absolute atomic E-state index is 0.0322. The number of aryl methyl sites for hydroxylation is 1. The van der Waals surface area contributed by atoms with Crippen LogP contribution in [0.25, 0.3) is 0 Å². The minimum atomic E-state index is -0.578. The van der Waals surface area contributed by atoms with Gasteiger partial charge in [0, 0.05) is 45.5 Å². The second kappa shape index (κ2) is 9.19. The average Bonchev–Trinajstić information content (AvgIpc) is 2.69. The van der Waals surface area contributed by atoms with Crippen molar-refractivity contribution in [1.82, 2.24) is 15.5 Å². The van der Waals surface area contributed by atoms with Gasteiger partial charge in [0.1, 0.15) is 0 Å². The summed E-state index contributed by atoms with van der Waals surface area (Å²) in [6.45, 7) is 6.75. The Balaban J connectivity index is 1.77. The molecular formula is C20H30N4O3. The van der Waals surface area contributed by atoms with Crippen molar-refractivity contribution in [1.29, 1.82) is 0 Å². The molecule has 3 rings (SSSR count). The summed E-state index contributed by atoms with van der Waals surface area (Å²) in [5, 5.41) is 5.35. The summed E-state index contributed by atoms with van der Waals surface area (Å²) in [7, 11) is 2.13. The monoisotopic (exact) mass is 374 g/mol. The van der Waals surface area contributed by atoms with E-state index in [4.69, 9.17) is 4.74 Å². The van der Waals surface area contributed by atoms with Gasteiger partial charge in [0.25, 0.3) is 0 Å². The Morgan fingerprint density at radius 3 is 2.63 bits per heavy atom. The van der Waals surface area contributed by atoms with Gasteiger partial charge >= 0.3 is 11.8 Å². The summed E-state index contributed by atoms with van der Waals surface area (Å²) in [4.78, 5) is 28.4. The number of fused-ring (bicyclic) bond motifs is 1. The predicted molar refractivity (Wildman–Crippen MR) is 105 cm³/mol. The number of carbonyl (C=O) groups is 2. The molecule has 0 saturated carbocycles. The maximum atomic E-state index is 12.1. The highest BCUT2D eigenvalue weighted by molar-refractivity contribution is 6.35. The van der Waals surface area contributed by atoms with E-state index in [1.807, 2.05) is 0 Å². The third kappa shape index (κ3) is 4.78. The van der Waals surface area contributed by atoms with Crippen molar-refractivity contribution in [2.45, 2.75) is 25.8 Å². The molecule has 1 unspecified atom stereocenters. The fraction of sp³-hybridized carbons (Fsp3) is 0.600. The Morgan fingerprint density at radius 2 is 1.89 bits per heavy atom. The molecule has 7 nitrogen and oxygen atoms in total. The first-order valence-electron chi connectivity index (χ1n) is 9.82. The highest BCUT2D eigenvalue weighted by Crippen LogP contribution is 2.30. The Kier molecular flexibility index (Phi) is 6.68. The lowest BCUT2D eigenvalue weighted by molar-refractivity contribution is -0.139. The molecule has 2 aliphatic rings. The number of rotatable bonds is 5. The van der Waals surface area contributed by atoms with E-state index in [1.165, 1.54) is 16.8 Å². The normalized spacial score (nSPS) is 18.5. The first-order valence-corrected chi connectivity index (χ1v) is 9.82. The first-order chi connectivity index (χ1) is 13.1. The third-order valence-electron chi connectivity index (χ3n) is 5.33. The van der Waals surface area contributed by atoms with E-state index < -0.39 is 11.8 Å². The number of nitrogens with one attached hydrogen (secondary N) is 2. The molecule has 0 bridgehead atoms. The quantitative estimate of drug-likeness (QED) is 0.742. The smallest absolute Gasteiger partial charge is 0.309 e. The molecule has 148 valence electrons. The topological polar surface area (TPSA) is 73.9 Å². The fourth-order valence-corrected chi connectivity index (χ4v) is 3.87. The summed E-state index contributed by atoms with van der Waals surface area (Å²) in [6.07, 6.45) is 2.23. The van der Waals surface area contributed by atoms with E-state index in [-0.39, 0.29) is 6.04 Å². The molecule has 27 heavy (non-hydrogen) atoms. The molecule has 2 aliphatic heterocycles. The van der Waals surface area contributed by atoms with E-state index in [2.05, 4.69) is 45.7 Å². The van der Waals surface area contributed by atoms with Crippen LogP contribution in [-0.4, -0.2) is 69.7 Å². The summed E-state index contributed by atoms with van der Waals surface area (Å²) in [6, 6.07) is 6.63.